The maximum absolute atomic E-state index is 5.66. The van der Waals surface area contributed by atoms with Crippen molar-refractivity contribution in [2.45, 2.75) is 20.8 Å². The minimum absolute atomic E-state index is 0.377. The molecule has 0 spiro atoms. The summed E-state index contributed by atoms with van der Waals surface area (Å²) in [5.41, 5.74) is 13.5. The second-order valence-corrected chi connectivity index (χ2v) is 4.61. The molecule has 0 amide bonds. The predicted molar refractivity (Wildman–Crippen MR) is 77.1 cm³/mol. The lowest BCUT2D eigenvalue weighted by Crippen LogP contribution is -1.99. The lowest BCUT2D eigenvalue weighted by Gasteiger charge is -2.01. The second kappa shape index (κ2) is 6.49. The van der Waals surface area contributed by atoms with E-state index in [4.69, 9.17) is 34.7 Å². The van der Waals surface area contributed by atoms with Crippen LogP contribution in [0, 0.1) is 20.8 Å². The Hall–Kier alpha value is -1.66. The minimum atomic E-state index is 0.377. The topological polar surface area (TPSA) is 104 Å². The number of nitrogens with zero attached hydrogens (tertiary/aromatic N) is 4. The van der Waals surface area contributed by atoms with Gasteiger partial charge in [-0.25, -0.2) is 0 Å². The fourth-order valence-corrected chi connectivity index (χ4v) is 1.44. The third-order valence-corrected chi connectivity index (χ3v) is 3.04. The Morgan fingerprint density at radius 1 is 0.842 bits per heavy atom. The van der Waals surface area contributed by atoms with Crippen LogP contribution in [0.5, 0.6) is 0 Å². The van der Waals surface area contributed by atoms with Crippen LogP contribution in [0.15, 0.2) is 6.07 Å². The summed E-state index contributed by atoms with van der Waals surface area (Å²) in [6.45, 7) is 5.56. The van der Waals surface area contributed by atoms with E-state index in [9.17, 15) is 0 Å². The van der Waals surface area contributed by atoms with Crippen molar-refractivity contribution in [2.24, 2.45) is 0 Å². The van der Waals surface area contributed by atoms with Gasteiger partial charge in [0, 0.05) is 0 Å². The molecule has 0 saturated carbocycles. The summed E-state index contributed by atoms with van der Waals surface area (Å²) < 4.78 is 0. The van der Waals surface area contributed by atoms with Crippen LogP contribution < -0.4 is 11.5 Å². The minimum Gasteiger partial charge on any atom is -0.382 e. The van der Waals surface area contributed by atoms with Crippen molar-refractivity contribution in [1.82, 2.24) is 20.4 Å². The first-order valence-corrected chi connectivity index (χ1v) is 6.08. The molecule has 0 fully saturated rings. The van der Waals surface area contributed by atoms with E-state index >= 15 is 0 Å². The van der Waals surface area contributed by atoms with Gasteiger partial charge in [0.05, 0.1) is 0 Å². The van der Waals surface area contributed by atoms with E-state index in [-0.39, 0.29) is 0 Å². The number of hydrogen-bond donors (Lipinski definition) is 2. The average molecular weight is 301 g/mol. The molecule has 2 aromatic rings. The lowest BCUT2D eigenvalue weighted by molar-refractivity contribution is 1.01. The fourth-order valence-electron chi connectivity index (χ4n) is 1.06. The Labute approximate surface area is 121 Å². The summed E-state index contributed by atoms with van der Waals surface area (Å²) in [7, 11) is 0. The number of nitrogen functional groups attached to an aromatic ring is 2. The van der Waals surface area contributed by atoms with Crippen molar-refractivity contribution in [2.75, 3.05) is 11.5 Å². The monoisotopic (exact) mass is 300 g/mol. The van der Waals surface area contributed by atoms with Crippen molar-refractivity contribution in [3.05, 3.63) is 33.1 Å². The van der Waals surface area contributed by atoms with Crippen molar-refractivity contribution >= 4 is 34.8 Å². The molecule has 0 aliphatic carbocycles. The van der Waals surface area contributed by atoms with Crippen LogP contribution in [0.25, 0.3) is 0 Å². The fraction of sp³-hybridized carbons (Fsp3) is 0.273. The van der Waals surface area contributed by atoms with Gasteiger partial charge in [-0.15, -0.1) is 20.4 Å². The van der Waals surface area contributed by atoms with E-state index in [1.54, 1.807) is 6.07 Å². The average Bonchev–Trinajstić information content (AvgIpc) is 2.37. The first-order chi connectivity index (χ1) is 8.82. The van der Waals surface area contributed by atoms with Gasteiger partial charge in [-0.2, -0.15) is 0 Å². The zero-order valence-electron chi connectivity index (χ0n) is 10.8. The van der Waals surface area contributed by atoms with Crippen LogP contribution in [0.2, 0.25) is 10.3 Å². The molecule has 0 aromatic carbocycles. The normalized spacial score (nSPS) is 9.74. The van der Waals surface area contributed by atoms with E-state index in [2.05, 4.69) is 20.4 Å². The molecule has 0 bridgehead atoms. The maximum Gasteiger partial charge on any atom is 0.155 e. The van der Waals surface area contributed by atoms with Crippen LogP contribution >= 0.6 is 23.2 Å². The zero-order chi connectivity index (χ0) is 14.6. The summed E-state index contributed by atoms with van der Waals surface area (Å²) in [6.07, 6.45) is 0. The third-order valence-electron chi connectivity index (χ3n) is 2.49. The third kappa shape index (κ3) is 4.18. The molecule has 0 aliphatic heterocycles. The van der Waals surface area contributed by atoms with Crippen LogP contribution in [0.4, 0.5) is 11.6 Å². The highest BCUT2D eigenvalue weighted by molar-refractivity contribution is 6.30. The van der Waals surface area contributed by atoms with Gasteiger partial charge in [-0.1, -0.05) is 23.2 Å². The van der Waals surface area contributed by atoms with Crippen LogP contribution in [-0.4, -0.2) is 20.4 Å². The largest absolute Gasteiger partial charge is 0.382 e. The number of rotatable bonds is 0. The molecule has 0 saturated heterocycles. The number of halogens is 2. The Kier molecular flexibility index (Phi) is 5.26. The standard InChI is InChI=1S/C6H8ClN3.C5H6ClN3/c1-3-4(2)6(8)10-9-5(3)7;1-3-2-4(6)8-9-5(3)7/h1-2H3,(H2,8,10);2H,1H3,(H2,7,9). The molecule has 8 heteroatoms. The number of aromatic nitrogens is 4. The van der Waals surface area contributed by atoms with Gasteiger partial charge in [0.1, 0.15) is 11.6 Å². The Morgan fingerprint density at radius 3 is 1.89 bits per heavy atom. The van der Waals surface area contributed by atoms with E-state index in [0.29, 0.717) is 21.9 Å². The Morgan fingerprint density at radius 2 is 1.42 bits per heavy atom. The first kappa shape index (κ1) is 15.4. The van der Waals surface area contributed by atoms with Gasteiger partial charge in [0.15, 0.2) is 10.3 Å². The van der Waals surface area contributed by atoms with Gasteiger partial charge in [0.25, 0.3) is 0 Å². The molecule has 4 N–H and O–H groups in total. The molecule has 0 aliphatic rings. The number of anilines is 2. The lowest BCUT2D eigenvalue weighted by atomic mass is 10.2. The predicted octanol–water partition coefficient (Wildman–Crippen LogP) is 2.35. The highest BCUT2D eigenvalue weighted by Crippen LogP contribution is 2.17. The molecule has 0 atom stereocenters. The summed E-state index contributed by atoms with van der Waals surface area (Å²) in [5, 5.41) is 15.2. The van der Waals surface area contributed by atoms with Crippen molar-refractivity contribution < 1.29 is 0 Å². The molecule has 2 rings (SSSR count). The van der Waals surface area contributed by atoms with Crippen molar-refractivity contribution in [3.8, 4) is 0 Å². The summed E-state index contributed by atoms with van der Waals surface area (Å²) in [5.74, 6) is 0.876. The van der Waals surface area contributed by atoms with Crippen molar-refractivity contribution in [1.29, 1.82) is 0 Å². The molecule has 0 radical (unpaired) electrons. The summed E-state index contributed by atoms with van der Waals surface area (Å²) >= 11 is 11.1. The molecule has 6 nitrogen and oxygen atoms in total. The van der Waals surface area contributed by atoms with E-state index in [1.807, 2.05) is 20.8 Å². The zero-order valence-corrected chi connectivity index (χ0v) is 12.3. The first-order valence-electron chi connectivity index (χ1n) is 5.33. The molecule has 102 valence electrons. The summed E-state index contributed by atoms with van der Waals surface area (Å²) in [6, 6.07) is 1.67. The van der Waals surface area contributed by atoms with Gasteiger partial charge in [-0.3, -0.25) is 0 Å². The highest BCUT2D eigenvalue weighted by atomic mass is 35.5. The summed E-state index contributed by atoms with van der Waals surface area (Å²) in [4.78, 5) is 0. The van der Waals surface area contributed by atoms with Gasteiger partial charge in [0.2, 0.25) is 0 Å². The second-order valence-electron chi connectivity index (χ2n) is 3.86. The molecule has 19 heavy (non-hydrogen) atoms. The quantitative estimate of drug-likeness (QED) is 0.774. The van der Waals surface area contributed by atoms with Crippen LogP contribution in [0.1, 0.15) is 16.7 Å². The van der Waals surface area contributed by atoms with E-state index in [0.717, 1.165) is 16.7 Å². The van der Waals surface area contributed by atoms with E-state index < -0.39 is 0 Å². The highest BCUT2D eigenvalue weighted by Gasteiger charge is 2.03. The van der Waals surface area contributed by atoms with Gasteiger partial charge in [-0.05, 0) is 43.5 Å². The molecular weight excluding hydrogens is 287 g/mol. The van der Waals surface area contributed by atoms with E-state index in [1.165, 1.54) is 0 Å². The molecule has 0 unspecified atom stereocenters. The number of hydrogen-bond acceptors (Lipinski definition) is 6. The van der Waals surface area contributed by atoms with Gasteiger partial charge < -0.3 is 11.5 Å². The SMILES string of the molecule is Cc1c(N)nnc(Cl)c1C.Cc1cc(Cl)nnc1N. The van der Waals surface area contributed by atoms with Gasteiger partial charge >= 0.3 is 0 Å². The molecule has 2 aromatic heterocycles. The van der Waals surface area contributed by atoms with Crippen LogP contribution in [-0.2, 0) is 0 Å². The number of aryl methyl sites for hydroxylation is 1. The Bertz CT molecular complexity index is 561. The number of nitrogens with two attached hydrogens (primary N) is 2. The maximum atomic E-state index is 5.66. The molecule has 2 heterocycles. The van der Waals surface area contributed by atoms with Crippen LogP contribution in [0.3, 0.4) is 0 Å². The molecular formula is C11H14Cl2N6. The Balaban J connectivity index is 0.000000191. The smallest absolute Gasteiger partial charge is 0.155 e. The van der Waals surface area contributed by atoms with Crippen molar-refractivity contribution in [3.63, 3.8) is 0 Å².